The van der Waals surface area contributed by atoms with Crippen LogP contribution >= 0.6 is 0 Å². The van der Waals surface area contributed by atoms with Crippen LogP contribution in [0, 0.1) is 17.8 Å². The Morgan fingerprint density at radius 2 is 1.75 bits per heavy atom. The average Bonchev–Trinajstić information content (AvgIpc) is 2.36. The summed E-state index contributed by atoms with van der Waals surface area (Å²) in [6, 6.07) is 5.22. The van der Waals surface area contributed by atoms with Crippen molar-refractivity contribution < 1.29 is 9.90 Å². The molecule has 0 aliphatic heterocycles. The number of nitrogens with zero attached hydrogens (tertiary/aromatic N) is 1. The van der Waals surface area contributed by atoms with E-state index in [0.29, 0.717) is 0 Å². The van der Waals surface area contributed by atoms with E-state index in [2.05, 4.69) is 10.3 Å². The van der Waals surface area contributed by atoms with Crippen LogP contribution in [0.15, 0.2) is 18.2 Å². The summed E-state index contributed by atoms with van der Waals surface area (Å²) in [5.41, 5.74) is 0.304. The van der Waals surface area contributed by atoms with Crippen molar-refractivity contribution in [2.75, 3.05) is 5.32 Å². The summed E-state index contributed by atoms with van der Waals surface area (Å²) in [5, 5.41) is 12.7. The molecule has 2 N–H and O–H groups in total. The highest BCUT2D eigenvalue weighted by molar-refractivity contribution is 5.85. The highest BCUT2D eigenvalue weighted by Crippen LogP contribution is 2.56. The maximum absolute atomic E-state index is 11.0. The minimum Gasteiger partial charge on any atom is -0.477 e. The standard InChI is InChI=1S/C16H20N2O2/c19-15(20)13-2-1-3-14(17-13)18-16-7-10-4-11(8-16)6-12(5-10)9-16/h1-3,10-12H,4-9H2,(H,17,18)(H,19,20). The number of nitrogens with one attached hydrogen (secondary N) is 1. The van der Waals surface area contributed by atoms with Crippen LogP contribution in [-0.2, 0) is 0 Å². The lowest BCUT2D eigenvalue weighted by molar-refractivity contribution is 0.0105. The van der Waals surface area contributed by atoms with Gasteiger partial charge < -0.3 is 10.4 Å². The van der Waals surface area contributed by atoms with Crippen LogP contribution < -0.4 is 5.32 Å². The number of hydrogen-bond acceptors (Lipinski definition) is 3. The number of aromatic nitrogens is 1. The molecule has 1 aromatic heterocycles. The number of aromatic carboxylic acids is 1. The number of carboxylic acid groups (broad SMARTS) is 1. The SMILES string of the molecule is O=C(O)c1cccc(NC23CC4CC(CC(C4)C2)C3)n1. The molecule has 0 amide bonds. The molecule has 1 aromatic rings. The third kappa shape index (κ3) is 1.98. The van der Waals surface area contributed by atoms with Crippen LogP contribution in [0.2, 0.25) is 0 Å². The largest absolute Gasteiger partial charge is 0.477 e. The van der Waals surface area contributed by atoms with Gasteiger partial charge in [-0.05, 0) is 68.4 Å². The summed E-state index contributed by atoms with van der Waals surface area (Å²) in [5.74, 6) is 2.38. The molecule has 0 atom stereocenters. The first-order valence-electron chi connectivity index (χ1n) is 7.60. The van der Waals surface area contributed by atoms with E-state index < -0.39 is 5.97 Å². The third-order valence-electron chi connectivity index (χ3n) is 5.40. The van der Waals surface area contributed by atoms with Crippen LogP contribution in [0.25, 0.3) is 0 Å². The quantitative estimate of drug-likeness (QED) is 0.887. The summed E-state index contributed by atoms with van der Waals surface area (Å²) in [7, 11) is 0. The van der Waals surface area contributed by atoms with Gasteiger partial charge in [-0.1, -0.05) is 6.07 Å². The van der Waals surface area contributed by atoms with Gasteiger partial charge >= 0.3 is 5.97 Å². The lowest BCUT2D eigenvalue weighted by atomic mass is 9.53. The lowest BCUT2D eigenvalue weighted by Crippen LogP contribution is -2.54. The second-order valence-electron chi connectivity index (χ2n) is 7.04. The number of carbonyl (C=O) groups is 1. The molecule has 4 bridgehead atoms. The third-order valence-corrected chi connectivity index (χ3v) is 5.40. The zero-order chi connectivity index (χ0) is 13.7. The van der Waals surface area contributed by atoms with Crippen molar-refractivity contribution in [3.8, 4) is 0 Å². The van der Waals surface area contributed by atoms with Gasteiger partial charge in [0.15, 0.2) is 5.69 Å². The Bertz CT molecular complexity index is 520. The van der Waals surface area contributed by atoms with Crippen molar-refractivity contribution in [1.82, 2.24) is 4.98 Å². The van der Waals surface area contributed by atoms with Crippen molar-refractivity contribution in [3.63, 3.8) is 0 Å². The molecule has 0 saturated heterocycles. The molecule has 106 valence electrons. The second kappa shape index (κ2) is 4.21. The maximum atomic E-state index is 11.0. The fraction of sp³-hybridized carbons (Fsp3) is 0.625. The predicted octanol–water partition coefficient (Wildman–Crippen LogP) is 3.16. The number of carboxylic acids is 1. The molecule has 5 rings (SSSR count). The van der Waals surface area contributed by atoms with Gasteiger partial charge in [0, 0.05) is 5.54 Å². The van der Waals surface area contributed by atoms with Crippen LogP contribution in [0.1, 0.15) is 49.0 Å². The fourth-order valence-corrected chi connectivity index (χ4v) is 5.16. The predicted molar refractivity (Wildman–Crippen MR) is 75.7 cm³/mol. The molecule has 4 aliphatic carbocycles. The van der Waals surface area contributed by atoms with E-state index in [0.717, 1.165) is 23.6 Å². The number of anilines is 1. The molecular formula is C16H20N2O2. The molecule has 0 radical (unpaired) electrons. The molecule has 4 nitrogen and oxygen atoms in total. The molecule has 0 unspecified atom stereocenters. The van der Waals surface area contributed by atoms with E-state index in [1.807, 2.05) is 6.07 Å². The van der Waals surface area contributed by atoms with Gasteiger partial charge in [0.25, 0.3) is 0 Å². The minimum atomic E-state index is -0.959. The van der Waals surface area contributed by atoms with Gasteiger partial charge in [0.05, 0.1) is 0 Å². The monoisotopic (exact) mass is 272 g/mol. The summed E-state index contributed by atoms with van der Waals surface area (Å²) < 4.78 is 0. The van der Waals surface area contributed by atoms with Crippen molar-refractivity contribution in [3.05, 3.63) is 23.9 Å². The minimum absolute atomic E-state index is 0.125. The Morgan fingerprint density at radius 1 is 1.15 bits per heavy atom. The van der Waals surface area contributed by atoms with Crippen LogP contribution in [0.3, 0.4) is 0 Å². The highest BCUT2D eigenvalue weighted by Gasteiger charge is 2.51. The van der Waals surface area contributed by atoms with E-state index >= 15 is 0 Å². The average molecular weight is 272 g/mol. The molecule has 0 spiro atoms. The molecule has 0 aromatic carbocycles. The first-order valence-corrected chi connectivity index (χ1v) is 7.60. The Kier molecular flexibility index (Phi) is 2.56. The molecular weight excluding hydrogens is 252 g/mol. The molecule has 4 saturated carbocycles. The van der Waals surface area contributed by atoms with Gasteiger partial charge in [-0.25, -0.2) is 9.78 Å². The van der Waals surface area contributed by atoms with Gasteiger partial charge in [-0.3, -0.25) is 0 Å². The van der Waals surface area contributed by atoms with Crippen LogP contribution in [0.4, 0.5) is 5.82 Å². The fourth-order valence-electron chi connectivity index (χ4n) is 5.16. The summed E-state index contributed by atoms with van der Waals surface area (Å²) in [4.78, 5) is 15.3. The molecule has 4 aliphatic rings. The number of pyridine rings is 1. The number of rotatable bonds is 3. The zero-order valence-electron chi connectivity index (χ0n) is 11.5. The van der Waals surface area contributed by atoms with Gasteiger partial charge in [0.2, 0.25) is 0 Å². The van der Waals surface area contributed by atoms with E-state index in [1.165, 1.54) is 38.5 Å². The molecule has 20 heavy (non-hydrogen) atoms. The summed E-state index contributed by atoms with van der Waals surface area (Å²) >= 11 is 0. The van der Waals surface area contributed by atoms with Crippen molar-refractivity contribution in [1.29, 1.82) is 0 Å². The lowest BCUT2D eigenvalue weighted by Gasteiger charge is -2.57. The van der Waals surface area contributed by atoms with Crippen molar-refractivity contribution in [2.45, 2.75) is 44.1 Å². The summed E-state index contributed by atoms with van der Waals surface area (Å²) in [6.07, 6.45) is 7.92. The molecule has 4 fully saturated rings. The van der Waals surface area contributed by atoms with Gasteiger partial charge in [0.1, 0.15) is 5.82 Å². The number of hydrogen-bond donors (Lipinski definition) is 2. The topological polar surface area (TPSA) is 62.2 Å². The van der Waals surface area contributed by atoms with Gasteiger partial charge in [-0.15, -0.1) is 0 Å². The Labute approximate surface area is 118 Å². The van der Waals surface area contributed by atoms with Crippen molar-refractivity contribution >= 4 is 11.8 Å². The second-order valence-corrected chi connectivity index (χ2v) is 7.04. The van der Waals surface area contributed by atoms with E-state index in [1.54, 1.807) is 12.1 Å². The van der Waals surface area contributed by atoms with E-state index in [-0.39, 0.29) is 11.2 Å². The Balaban J connectivity index is 1.59. The van der Waals surface area contributed by atoms with E-state index in [4.69, 9.17) is 5.11 Å². The normalized spacial score (nSPS) is 37.9. The molecule has 1 heterocycles. The van der Waals surface area contributed by atoms with Gasteiger partial charge in [-0.2, -0.15) is 0 Å². The van der Waals surface area contributed by atoms with Crippen LogP contribution in [0.5, 0.6) is 0 Å². The highest BCUT2D eigenvalue weighted by atomic mass is 16.4. The summed E-state index contributed by atoms with van der Waals surface area (Å²) in [6.45, 7) is 0. The molecule has 4 heteroatoms. The smallest absolute Gasteiger partial charge is 0.354 e. The van der Waals surface area contributed by atoms with Crippen molar-refractivity contribution in [2.24, 2.45) is 17.8 Å². The zero-order valence-corrected chi connectivity index (χ0v) is 11.5. The first-order chi connectivity index (χ1) is 9.62. The first kappa shape index (κ1) is 12.2. The van der Waals surface area contributed by atoms with E-state index in [9.17, 15) is 4.79 Å². The Hall–Kier alpha value is -1.58. The van der Waals surface area contributed by atoms with Crippen LogP contribution in [-0.4, -0.2) is 21.6 Å². The maximum Gasteiger partial charge on any atom is 0.354 e. The Morgan fingerprint density at radius 3 is 2.30 bits per heavy atom.